The van der Waals surface area contributed by atoms with E-state index in [9.17, 15) is 0 Å². The summed E-state index contributed by atoms with van der Waals surface area (Å²) < 4.78 is 6.08. The van der Waals surface area contributed by atoms with Gasteiger partial charge in [-0.3, -0.25) is 0 Å². The van der Waals surface area contributed by atoms with Gasteiger partial charge in [-0.2, -0.15) is 5.26 Å². The maximum Gasteiger partial charge on any atom is 0.0991 e. The van der Waals surface area contributed by atoms with Gasteiger partial charge in [0.1, 0.15) is 0 Å². The van der Waals surface area contributed by atoms with Crippen molar-refractivity contribution in [2.24, 2.45) is 0 Å². The van der Waals surface area contributed by atoms with Gasteiger partial charge in [0, 0.05) is 6.04 Å². The molecule has 1 saturated carbocycles. The van der Waals surface area contributed by atoms with E-state index in [0.29, 0.717) is 24.3 Å². The molecular weight excluding hydrogens is 236 g/mol. The largest absolute Gasteiger partial charge is 0.372 e. The fourth-order valence-electron chi connectivity index (χ4n) is 2.75. The van der Waals surface area contributed by atoms with Gasteiger partial charge in [-0.1, -0.05) is 18.9 Å². The summed E-state index contributed by atoms with van der Waals surface area (Å²) in [5.41, 5.74) is 3.03. The Morgan fingerprint density at radius 2 is 2.16 bits per heavy atom. The van der Waals surface area contributed by atoms with Gasteiger partial charge in [-0.25, -0.2) is 0 Å². The summed E-state index contributed by atoms with van der Waals surface area (Å²) in [5, 5.41) is 12.2. The van der Waals surface area contributed by atoms with E-state index in [-0.39, 0.29) is 0 Å². The number of benzene rings is 1. The Morgan fingerprint density at radius 1 is 1.37 bits per heavy atom. The van der Waals surface area contributed by atoms with E-state index >= 15 is 0 Å². The van der Waals surface area contributed by atoms with Crippen LogP contribution < -0.4 is 5.32 Å². The van der Waals surface area contributed by atoms with Crippen LogP contribution >= 0.6 is 0 Å². The Kier molecular flexibility index (Phi) is 4.95. The number of rotatable bonds is 4. The van der Waals surface area contributed by atoms with E-state index in [1.807, 2.05) is 32.2 Å². The molecule has 0 saturated heterocycles. The summed E-state index contributed by atoms with van der Waals surface area (Å²) in [6, 6.07) is 8.44. The number of nitrogens with one attached hydrogen (secondary N) is 1. The topological polar surface area (TPSA) is 45.0 Å². The van der Waals surface area contributed by atoms with Gasteiger partial charge in [0.15, 0.2) is 0 Å². The van der Waals surface area contributed by atoms with E-state index in [1.165, 1.54) is 24.8 Å². The Hall–Kier alpha value is -1.37. The maximum atomic E-state index is 8.86. The number of nitrogens with zero attached hydrogens (tertiary/aromatic N) is 1. The number of hydrogen-bond acceptors (Lipinski definition) is 3. The zero-order chi connectivity index (χ0) is 13.7. The monoisotopic (exact) mass is 258 g/mol. The van der Waals surface area contributed by atoms with Crippen molar-refractivity contribution < 1.29 is 4.74 Å². The zero-order valence-corrected chi connectivity index (χ0v) is 11.8. The minimum absolute atomic E-state index is 0.314. The molecule has 1 aliphatic rings. The lowest BCUT2D eigenvalue weighted by atomic mass is 9.92. The normalized spacial score (nSPS) is 23.0. The first-order valence-electron chi connectivity index (χ1n) is 7.03. The molecule has 0 spiro atoms. The molecular formula is C16H22N2O. The predicted molar refractivity (Wildman–Crippen MR) is 75.8 cm³/mol. The third kappa shape index (κ3) is 3.56. The van der Waals surface area contributed by atoms with Crippen LogP contribution in [-0.4, -0.2) is 19.2 Å². The number of nitriles is 1. The first-order valence-corrected chi connectivity index (χ1v) is 7.03. The highest BCUT2D eigenvalue weighted by molar-refractivity contribution is 5.37. The van der Waals surface area contributed by atoms with E-state index in [1.54, 1.807) is 0 Å². The molecule has 2 unspecified atom stereocenters. The zero-order valence-electron chi connectivity index (χ0n) is 11.8. The second-order valence-corrected chi connectivity index (χ2v) is 5.28. The molecule has 1 aliphatic carbocycles. The van der Waals surface area contributed by atoms with E-state index in [0.717, 1.165) is 12.0 Å². The Bertz CT molecular complexity index is 464. The molecule has 2 atom stereocenters. The van der Waals surface area contributed by atoms with Crippen LogP contribution in [0.25, 0.3) is 0 Å². The Labute approximate surface area is 115 Å². The average Bonchev–Trinajstić information content (AvgIpc) is 2.46. The molecule has 0 radical (unpaired) electrons. The van der Waals surface area contributed by atoms with Gasteiger partial charge in [-0.05, 0) is 50.1 Å². The molecule has 2 rings (SSSR count). The Morgan fingerprint density at radius 3 is 2.84 bits per heavy atom. The number of hydrogen-bond donors (Lipinski definition) is 1. The molecule has 0 bridgehead atoms. The quantitative estimate of drug-likeness (QED) is 0.903. The number of aryl methyl sites for hydroxylation is 1. The first kappa shape index (κ1) is 14.0. The molecule has 0 aliphatic heterocycles. The molecule has 102 valence electrons. The molecule has 3 heteroatoms. The summed E-state index contributed by atoms with van der Waals surface area (Å²) in [6.45, 7) is 2.68. The molecule has 1 aromatic rings. The molecule has 1 fully saturated rings. The van der Waals surface area contributed by atoms with E-state index < -0.39 is 0 Å². The summed E-state index contributed by atoms with van der Waals surface area (Å²) in [5.74, 6) is 0. The molecule has 0 amide bonds. The third-order valence-corrected chi connectivity index (χ3v) is 4.00. The lowest BCUT2D eigenvalue weighted by Crippen LogP contribution is -2.41. The van der Waals surface area contributed by atoms with Crippen LogP contribution in [0.5, 0.6) is 0 Å². The van der Waals surface area contributed by atoms with Crippen LogP contribution in [0.2, 0.25) is 0 Å². The smallest absolute Gasteiger partial charge is 0.0991 e. The third-order valence-electron chi connectivity index (χ3n) is 4.00. The molecule has 0 aromatic heterocycles. The lowest BCUT2D eigenvalue weighted by molar-refractivity contribution is -0.00380. The fraction of sp³-hybridized carbons (Fsp3) is 0.562. The summed E-state index contributed by atoms with van der Waals surface area (Å²) >= 11 is 0. The SMILES string of the molecule is CNC1CCCCC1OCc1ccc(C#N)cc1C. The van der Waals surface area contributed by atoms with Crippen molar-refractivity contribution in [2.75, 3.05) is 7.05 Å². The lowest BCUT2D eigenvalue weighted by Gasteiger charge is -2.31. The van der Waals surface area contributed by atoms with E-state index in [2.05, 4.69) is 11.4 Å². The summed E-state index contributed by atoms with van der Waals surface area (Å²) in [7, 11) is 2.01. The van der Waals surface area contributed by atoms with Crippen LogP contribution in [0, 0.1) is 18.3 Å². The Balaban J connectivity index is 1.96. The summed E-state index contributed by atoms with van der Waals surface area (Å²) in [6.07, 6.45) is 5.21. The summed E-state index contributed by atoms with van der Waals surface area (Å²) in [4.78, 5) is 0. The van der Waals surface area contributed by atoms with Crippen molar-refractivity contribution in [1.29, 1.82) is 5.26 Å². The van der Waals surface area contributed by atoms with Gasteiger partial charge < -0.3 is 10.1 Å². The second kappa shape index (κ2) is 6.70. The predicted octanol–water partition coefficient (Wildman–Crippen LogP) is 2.91. The highest BCUT2D eigenvalue weighted by Crippen LogP contribution is 2.23. The minimum Gasteiger partial charge on any atom is -0.372 e. The standard InChI is InChI=1S/C16H22N2O/c1-12-9-13(10-17)7-8-14(12)11-19-16-6-4-3-5-15(16)18-2/h7-9,15-16,18H,3-6,11H2,1-2H3. The van der Waals surface area contributed by atoms with Gasteiger partial charge >= 0.3 is 0 Å². The highest BCUT2D eigenvalue weighted by atomic mass is 16.5. The van der Waals surface area contributed by atoms with Gasteiger partial charge in [-0.15, -0.1) is 0 Å². The maximum absolute atomic E-state index is 8.86. The van der Waals surface area contributed by atoms with Crippen molar-refractivity contribution in [3.05, 3.63) is 34.9 Å². The van der Waals surface area contributed by atoms with Crippen LogP contribution in [0.3, 0.4) is 0 Å². The van der Waals surface area contributed by atoms with Crippen LogP contribution in [0.4, 0.5) is 0 Å². The number of ether oxygens (including phenoxy) is 1. The molecule has 0 heterocycles. The van der Waals surface area contributed by atoms with Crippen molar-refractivity contribution in [3.8, 4) is 6.07 Å². The van der Waals surface area contributed by atoms with Gasteiger partial charge in [0.2, 0.25) is 0 Å². The van der Waals surface area contributed by atoms with Crippen molar-refractivity contribution in [1.82, 2.24) is 5.32 Å². The fourth-order valence-corrected chi connectivity index (χ4v) is 2.75. The number of likely N-dealkylation sites (N-methyl/N-ethyl adjacent to an activating group) is 1. The van der Waals surface area contributed by atoms with E-state index in [4.69, 9.17) is 10.00 Å². The minimum atomic E-state index is 0.314. The molecule has 19 heavy (non-hydrogen) atoms. The highest BCUT2D eigenvalue weighted by Gasteiger charge is 2.24. The average molecular weight is 258 g/mol. The molecule has 3 nitrogen and oxygen atoms in total. The van der Waals surface area contributed by atoms with Crippen molar-refractivity contribution in [3.63, 3.8) is 0 Å². The van der Waals surface area contributed by atoms with Crippen molar-refractivity contribution >= 4 is 0 Å². The second-order valence-electron chi connectivity index (χ2n) is 5.28. The van der Waals surface area contributed by atoms with Crippen LogP contribution in [0.15, 0.2) is 18.2 Å². The van der Waals surface area contributed by atoms with Gasteiger partial charge in [0.05, 0.1) is 24.3 Å². The van der Waals surface area contributed by atoms with Crippen LogP contribution in [0.1, 0.15) is 42.4 Å². The molecule has 1 aromatic carbocycles. The van der Waals surface area contributed by atoms with Gasteiger partial charge in [0.25, 0.3) is 0 Å². The first-order chi connectivity index (χ1) is 9.24. The molecule has 1 N–H and O–H groups in total. The van der Waals surface area contributed by atoms with Crippen LogP contribution in [-0.2, 0) is 11.3 Å². The van der Waals surface area contributed by atoms with Crippen molar-refractivity contribution in [2.45, 2.75) is 51.4 Å².